The minimum Gasteiger partial charge on any atom is -0.488 e. The quantitative estimate of drug-likeness (QED) is 0.841. The first-order chi connectivity index (χ1) is 12.2. The van der Waals surface area contributed by atoms with Gasteiger partial charge < -0.3 is 20.7 Å². The molecule has 2 atom stereocenters. The molecule has 3 aliphatic heterocycles. The van der Waals surface area contributed by atoms with Crippen molar-refractivity contribution in [3.05, 3.63) is 64.7 Å². The van der Waals surface area contributed by atoms with Gasteiger partial charge in [-0.25, -0.2) is 0 Å². The zero-order chi connectivity index (χ0) is 17.0. The molecular weight excluding hydrogens is 314 g/mol. The van der Waals surface area contributed by atoms with E-state index in [1.54, 1.807) is 0 Å². The Hall–Kier alpha value is -2.79. The highest BCUT2D eigenvalue weighted by Gasteiger charge is 2.38. The number of nitrogens with one attached hydrogen (secondary N) is 1. The fraction of sp³-hybridized carbons (Fsp3) is 0.250. The summed E-state index contributed by atoms with van der Waals surface area (Å²) >= 11 is 0. The first-order valence-corrected chi connectivity index (χ1v) is 8.60. The van der Waals surface area contributed by atoms with E-state index in [9.17, 15) is 4.79 Å². The van der Waals surface area contributed by atoms with Crippen molar-refractivity contribution in [3.8, 4) is 5.75 Å². The zero-order valence-corrected chi connectivity index (χ0v) is 13.7. The van der Waals surface area contributed by atoms with Crippen LogP contribution in [0.2, 0.25) is 0 Å². The third-order valence-corrected chi connectivity index (χ3v) is 5.26. The molecule has 3 aliphatic rings. The van der Waals surface area contributed by atoms with Crippen molar-refractivity contribution in [2.24, 2.45) is 5.73 Å². The smallest absolute Gasteiger partial charge is 0.255 e. The maximum absolute atomic E-state index is 12.7. The summed E-state index contributed by atoms with van der Waals surface area (Å²) in [5.41, 5.74) is 11.1. The summed E-state index contributed by atoms with van der Waals surface area (Å²) in [6, 6.07) is 13.8. The average Bonchev–Trinajstić information content (AvgIpc) is 2.66. The highest BCUT2D eigenvalue weighted by molar-refractivity contribution is 6.03. The van der Waals surface area contributed by atoms with Crippen molar-refractivity contribution in [2.75, 3.05) is 18.1 Å². The third kappa shape index (κ3) is 2.16. The lowest BCUT2D eigenvalue weighted by molar-refractivity contribution is 0.0930. The summed E-state index contributed by atoms with van der Waals surface area (Å²) in [6.45, 7) is 1.29. The number of amides is 1. The third-order valence-electron chi connectivity index (χ3n) is 5.26. The summed E-state index contributed by atoms with van der Waals surface area (Å²) in [7, 11) is 0. The number of ether oxygens (including phenoxy) is 1. The Balaban J connectivity index is 1.61. The van der Waals surface area contributed by atoms with E-state index in [-0.39, 0.29) is 18.1 Å². The van der Waals surface area contributed by atoms with E-state index in [4.69, 9.17) is 10.5 Å². The molecule has 0 fully saturated rings. The number of para-hydroxylation sites is 2. The van der Waals surface area contributed by atoms with Gasteiger partial charge in [0.1, 0.15) is 18.5 Å². The molecule has 126 valence electrons. The molecule has 1 amide bonds. The molecule has 0 aromatic heterocycles. The first-order valence-electron chi connectivity index (χ1n) is 8.60. The Morgan fingerprint density at radius 1 is 1.16 bits per heavy atom. The molecule has 3 heterocycles. The number of fused-ring (bicyclic) bond motifs is 1. The summed E-state index contributed by atoms with van der Waals surface area (Å²) in [4.78, 5) is 14.9. The van der Waals surface area contributed by atoms with Gasteiger partial charge in [-0.05, 0) is 30.2 Å². The van der Waals surface area contributed by atoms with Crippen molar-refractivity contribution in [2.45, 2.75) is 18.6 Å². The number of anilines is 1. The van der Waals surface area contributed by atoms with E-state index < -0.39 is 0 Å². The second-order valence-corrected chi connectivity index (χ2v) is 6.75. The van der Waals surface area contributed by atoms with Crippen LogP contribution >= 0.6 is 0 Å². The number of rotatable bonds is 1. The Kier molecular flexibility index (Phi) is 3.12. The minimum atomic E-state index is -0.193. The Morgan fingerprint density at radius 3 is 2.96 bits per heavy atom. The molecule has 5 heteroatoms. The van der Waals surface area contributed by atoms with Crippen LogP contribution in [-0.2, 0) is 0 Å². The predicted molar refractivity (Wildman–Crippen MR) is 96.5 cm³/mol. The topological polar surface area (TPSA) is 67.6 Å². The molecule has 2 aromatic rings. The number of carbonyl (C=O) groups is 1. The van der Waals surface area contributed by atoms with Crippen LogP contribution in [0.15, 0.2) is 48.0 Å². The molecule has 2 aromatic carbocycles. The SMILES string of the molecule is N[C@H]1CCN2c3c(cccc31)C(=O)N[C@H]2C1=Cc2ccccc2OC1. The van der Waals surface area contributed by atoms with Crippen molar-refractivity contribution in [1.82, 2.24) is 5.32 Å². The lowest BCUT2D eigenvalue weighted by atomic mass is 9.90. The molecule has 0 radical (unpaired) electrons. The number of hydrogen-bond donors (Lipinski definition) is 2. The second kappa shape index (κ2) is 5.36. The zero-order valence-electron chi connectivity index (χ0n) is 13.7. The highest BCUT2D eigenvalue weighted by Crippen LogP contribution is 2.40. The first kappa shape index (κ1) is 14.5. The highest BCUT2D eigenvalue weighted by atomic mass is 16.5. The molecule has 0 saturated heterocycles. The molecule has 5 nitrogen and oxygen atoms in total. The standard InChI is InChI=1S/C20H19N3O2/c21-16-8-9-23-18-14(16)5-3-6-15(18)20(24)22-19(23)13-10-12-4-1-2-7-17(12)25-11-13/h1-7,10,16,19H,8-9,11,21H2,(H,22,24)/t16-,19+/m0/s1. The molecule has 5 rings (SSSR count). The summed E-state index contributed by atoms with van der Waals surface area (Å²) < 4.78 is 5.90. The maximum atomic E-state index is 12.7. The van der Waals surface area contributed by atoms with Gasteiger partial charge in [0.25, 0.3) is 5.91 Å². The Morgan fingerprint density at radius 2 is 2.04 bits per heavy atom. The van der Waals surface area contributed by atoms with Crippen molar-refractivity contribution < 1.29 is 9.53 Å². The van der Waals surface area contributed by atoms with E-state index >= 15 is 0 Å². The largest absolute Gasteiger partial charge is 0.488 e. The molecule has 0 bridgehead atoms. The van der Waals surface area contributed by atoms with Crippen molar-refractivity contribution in [1.29, 1.82) is 0 Å². The lowest BCUT2D eigenvalue weighted by Crippen LogP contribution is -2.57. The lowest BCUT2D eigenvalue weighted by Gasteiger charge is -2.45. The second-order valence-electron chi connectivity index (χ2n) is 6.75. The fourth-order valence-electron chi connectivity index (χ4n) is 4.03. The number of carbonyl (C=O) groups excluding carboxylic acids is 1. The predicted octanol–water partition coefficient (Wildman–Crippen LogP) is 2.44. The number of nitrogens with zero attached hydrogens (tertiary/aromatic N) is 1. The summed E-state index contributed by atoms with van der Waals surface area (Å²) in [5, 5.41) is 3.15. The molecule has 0 unspecified atom stereocenters. The van der Waals surface area contributed by atoms with Crippen LogP contribution in [0.4, 0.5) is 5.69 Å². The average molecular weight is 333 g/mol. The van der Waals surface area contributed by atoms with E-state index in [2.05, 4.69) is 16.3 Å². The van der Waals surface area contributed by atoms with E-state index in [1.807, 2.05) is 42.5 Å². The van der Waals surface area contributed by atoms with Gasteiger partial charge in [0.2, 0.25) is 0 Å². The van der Waals surface area contributed by atoms with Gasteiger partial charge in [-0.2, -0.15) is 0 Å². The van der Waals surface area contributed by atoms with Crippen molar-refractivity contribution >= 4 is 17.7 Å². The number of hydrogen-bond acceptors (Lipinski definition) is 4. The van der Waals surface area contributed by atoms with Gasteiger partial charge in [0.05, 0.1) is 11.3 Å². The number of benzene rings is 2. The van der Waals surface area contributed by atoms with Gasteiger partial charge in [-0.3, -0.25) is 4.79 Å². The summed E-state index contributed by atoms with van der Waals surface area (Å²) in [5.74, 6) is 0.835. The summed E-state index contributed by atoms with van der Waals surface area (Å²) in [6.07, 6.45) is 2.81. The molecule has 0 saturated carbocycles. The fourth-order valence-corrected chi connectivity index (χ4v) is 4.03. The maximum Gasteiger partial charge on any atom is 0.255 e. The van der Waals surface area contributed by atoms with E-state index in [0.29, 0.717) is 12.2 Å². The van der Waals surface area contributed by atoms with Crippen LogP contribution in [0.1, 0.15) is 33.9 Å². The van der Waals surface area contributed by atoms with Crippen LogP contribution in [0.25, 0.3) is 6.08 Å². The van der Waals surface area contributed by atoms with Crippen LogP contribution in [0, 0.1) is 0 Å². The molecule has 0 aliphatic carbocycles. The van der Waals surface area contributed by atoms with E-state index in [1.165, 1.54) is 0 Å². The van der Waals surface area contributed by atoms with Crippen LogP contribution in [0.5, 0.6) is 5.75 Å². The van der Waals surface area contributed by atoms with Gasteiger partial charge in [-0.1, -0.05) is 30.3 Å². The Labute approximate surface area is 146 Å². The monoisotopic (exact) mass is 333 g/mol. The van der Waals surface area contributed by atoms with Gasteiger partial charge in [0, 0.05) is 23.7 Å². The van der Waals surface area contributed by atoms with Crippen LogP contribution in [0.3, 0.4) is 0 Å². The van der Waals surface area contributed by atoms with Gasteiger partial charge in [-0.15, -0.1) is 0 Å². The van der Waals surface area contributed by atoms with Crippen molar-refractivity contribution in [3.63, 3.8) is 0 Å². The van der Waals surface area contributed by atoms with Crippen LogP contribution < -0.4 is 20.7 Å². The molecular formula is C20H19N3O2. The van der Waals surface area contributed by atoms with Gasteiger partial charge >= 0.3 is 0 Å². The van der Waals surface area contributed by atoms with E-state index in [0.717, 1.165) is 41.1 Å². The van der Waals surface area contributed by atoms with Gasteiger partial charge in [0.15, 0.2) is 0 Å². The normalized spacial score (nSPS) is 23.8. The molecule has 0 spiro atoms. The van der Waals surface area contributed by atoms with Crippen LogP contribution in [-0.4, -0.2) is 25.2 Å². The number of nitrogens with two attached hydrogens (primary N) is 1. The molecule has 3 N–H and O–H groups in total. The molecule has 25 heavy (non-hydrogen) atoms. The Bertz CT molecular complexity index is 906. The minimum absolute atomic E-state index is 0.0185.